The van der Waals surface area contributed by atoms with Crippen LogP contribution in [0.2, 0.25) is 0 Å². The maximum atomic E-state index is 14.2. The number of likely N-dealkylation sites (N-methyl/N-ethyl adjacent to an activating group) is 1. The molecule has 2 aromatic rings. The van der Waals surface area contributed by atoms with Gasteiger partial charge in [-0.2, -0.15) is 0 Å². The Balaban J connectivity index is 2.27. The van der Waals surface area contributed by atoms with E-state index in [0.29, 0.717) is 11.3 Å². The van der Waals surface area contributed by atoms with Crippen LogP contribution >= 0.6 is 0 Å². The van der Waals surface area contributed by atoms with E-state index in [1.807, 2.05) is 19.2 Å². The van der Waals surface area contributed by atoms with Crippen LogP contribution in [-0.4, -0.2) is 14.2 Å². The molecule has 0 aromatic heterocycles. The molecule has 1 unspecified atom stereocenters. The van der Waals surface area contributed by atoms with E-state index in [1.54, 1.807) is 12.1 Å². The fourth-order valence-corrected chi connectivity index (χ4v) is 2.34. The van der Waals surface area contributed by atoms with E-state index in [9.17, 15) is 4.39 Å². The molecule has 2 nitrogen and oxygen atoms in total. The van der Waals surface area contributed by atoms with Crippen molar-refractivity contribution in [3.8, 4) is 5.75 Å². The Bertz CT molecular complexity index is 583. The van der Waals surface area contributed by atoms with Crippen molar-refractivity contribution in [2.24, 2.45) is 0 Å². The molecule has 0 spiro atoms. The second-order valence-corrected chi connectivity index (χ2v) is 4.86. The first-order chi connectivity index (χ1) is 9.65. The minimum absolute atomic E-state index is 0.0537. The third-order valence-electron chi connectivity index (χ3n) is 3.62. The predicted molar refractivity (Wildman–Crippen MR) is 79.6 cm³/mol. The number of hydrogen-bond donors (Lipinski definition) is 1. The van der Waals surface area contributed by atoms with Crippen molar-refractivity contribution in [3.63, 3.8) is 0 Å². The largest absolute Gasteiger partial charge is 0.497 e. The molecule has 0 bridgehead atoms. The van der Waals surface area contributed by atoms with Crippen molar-refractivity contribution >= 4 is 0 Å². The highest BCUT2D eigenvalue weighted by Crippen LogP contribution is 2.25. The van der Waals surface area contributed by atoms with E-state index in [0.717, 1.165) is 6.42 Å². The summed E-state index contributed by atoms with van der Waals surface area (Å²) in [4.78, 5) is 0. The van der Waals surface area contributed by atoms with Crippen LogP contribution in [-0.2, 0) is 6.42 Å². The van der Waals surface area contributed by atoms with E-state index < -0.39 is 0 Å². The van der Waals surface area contributed by atoms with E-state index in [-0.39, 0.29) is 11.9 Å². The van der Waals surface area contributed by atoms with Crippen molar-refractivity contribution in [3.05, 3.63) is 65.0 Å². The number of aryl methyl sites for hydroxylation is 1. The number of hydrogen-bond acceptors (Lipinski definition) is 2. The third-order valence-corrected chi connectivity index (χ3v) is 3.62. The van der Waals surface area contributed by atoms with Crippen LogP contribution in [0.25, 0.3) is 0 Å². The number of ether oxygens (including phenoxy) is 1. The molecule has 3 heteroatoms. The molecule has 0 saturated heterocycles. The monoisotopic (exact) mass is 273 g/mol. The standard InChI is InChI=1S/C17H20FNO/c1-12-6-4-5-7-13(12)10-17(19-2)15-9-8-14(20-3)11-16(15)18/h4-9,11,17,19H,10H2,1-3H3. The Kier molecular flexibility index (Phi) is 4.74. The van der Waals surface area contributed by atoms with Gasteiger partial charge in [0.25, 0.3) is 0 Å². The van der Waals surface area contributed by atoms with Gasteiger partial charge < -0.3 is 10.1 Å². The number of benzene rings is 2. The lowest BCUT2D eigenvalue weighted by Crippen LogP contribution is -2.20. The van der Waals surface area contributed by atoms with Gasteiger partial charge in [0.1, 0.15) is 11.6 Å². The molecule has 0 aliphatic heterocycles. The summed E-state index contributed by atoms with van der Waals surface area (Å²) < 4.78 is 19.2. The summed E-state index contributed by atoms with van der Waals surface area (Å²) in [5, 5.41) is 3.19. The molecule has 1 atom stereocenters. The highest BCUT2D eigenvalue weighted by Gasteiger charge is 2.16. The molecular formula is C17H20FNO. The van der Waals surface area contributed by atoms with Gasteiger partial charge in [-0.05, 0) is 37.6 Å². The van der Waals surface area contributed by atoms with Crippen LogP contribution in [0.3, 0.4) is 0 Å². The van der Waals surface area contributed by atoms with E-state index in [1.165, 1.54) is 24.3 Å². The van der Waals surface area contributed by atoms with Gasteiger partial charge in [0.2, 0.25) is 0 Å². The van der Waals surface area contributed by atoms with Gasteiger partial charge >= 0.3 is 0 Å². The van der Waals surface area contributed by atoms with E-state index in [4.69, 9.17) is 4.74 Å². The molecule has 0 fully saturated rings. The maximum Gasteiger partial charge on any atom is 0.131 e. The predicted octanol–water partition coefficient (Wildman–Crippen LogP) is 3.65. The van der Waals surface area contributed by atoms with Gasteiger partial charge in [-0.3, -0.25) is 0 Å². The first-order valence-electron chi connectivity index (χ1n) is 6.71. The third kappa shape index (κ3) is 3.17. The highest BCUT2D eigenvalue weighted by atomic mass is 19.1. The molecule has 2 aromatic carbocycles. The summed E-state index contributed by atoms with van der Waals surface area (Å²) in [6.45, 7) is 2.08. The summed E-state index contributed by atoms with van der Waals surface area (Å²) in [7, 11) is 3.39. The van der Waals surface area contributed by atoms with E-state index in [2.05, 4.69) is 24.4 Å². The average molecular weight is 273 g/mol. The molecule has 20 heavy (non-hydrogen) atoms. The molecule has 0 amide bonds. The lowest BCUT2D eigenvalue weighted by Gasteiger charge is -2.19. The van der Waals surface area contributed by atoms with Gasteiger partial charge in [0.15, 0.2) is 0 Å². The van der Waals surface area contributed by atoms with Crippen LogP contribution in [0.1, 0.15) is 22.7 Å². The topological polar surface area (TPSA) is 21.3 Å². The van der Waals surface area contributed by atoms with Gasteiger partial charge in [-0.25, -0.2) is 4.39 Å². The van der Waals surface area contributed by atoms with Crippen LogP contribution in [0.4, 0.5) is 4.39 Å². The summed E-state index contributed by atoms with van der Waals surface area (Å²) in [6, 6.07) is 13.1. The van der Waals surface area contributed by atoms with Gasteiger partial charge in [0, 0.05) is 17.7 Å². The number of nitrogens with one attached hydrogen (secondary N) is 1. The summed E-state index contributed by atoms with van der Waals surface area (Å²) >= 11 is 0. The molecule has 0 aliphatic carbocycles. The van der Waals surface area contributed by atoms with Crippen LogP contribution in [0.5, 0.6) is 5.75 Å². The zero-order chi connectivity index (χ0) is 14.5. The molecule has 1 N–H and O–H groups in total. The molecule has 0 heterocycles. The minimum Gasteiger partial charge on any atom is -0.497 e. The zero-order valence-corrected chi connectivity index (χ0v) is 12.1. The normalized spacial score (nSPS) is 12.2. The van der Waals surface area contributed by atoms with Crippen LogP contribution in [0.15, 0.2) is 42.5 Å². The fourth-order valence-electron chi connectivity index (χ4n) is 2.34. The maximum absolute atomic E-state index is 14.2. The van der Waals surface area contributed by atoms with E-state index >= 15 is 0 Å². The number of halogens is 1. The lowest BCUT2D eigenvalue weighted by atomic mass is 9.96. The van der Waals surface area contributed by atoms with Crippen molar-refractivity contribution in [2.75, 3.05) is 14.2 Å². The van der Waals surface area contributed by atoms with Crippen molar-refractivity contribution in [1.29, 1.82) is 0 Å². The molecule has 106 valence electrons. The zero-order valence-electron chi connectivity index (χ0n) is 12.1. The quantitative estimate of drug-likeness (QED) is 0.898. The Hall–Kier alpha value is -1.87. The minimum atomic E-state index is -0.239. The van der Waals surface area contributed by atoms with Crippen molar-refractivity contribution in [2.45, 2.75) is 19.4 Å². The summed E-state index contributed by atoms with van der Waals surface area (Å²) in [5.41, 5.74) is 3.11. The first-order valence-corrected chi connectivity index (χ1v) is 6.71. The number of methoxy groups -OCH3 is 1. The Labute approximate surface area is 119 Å². The van der Waals surface area contributed by atoms with Crippen LogP contribution in [0, 0.1) is 12.7 Å². The molecular weight excluding hydrogens is 253 g/mol. The molecule has 0 saturated carbocycles. The fraction of sp³-hybridized carbons (Fsp3) is 0.294. The van der Waals surface area contributed by atoms with Crippen LogP contribution < -0.4 is 10.1 Å². The van der Waals surface area contributed by atoms with Crippen molar-refractivity contribution in [1.82, 2.24) is 5.32 Å². The molecule has 0 radical (unpaired) electrons. The first kappa shape index (κ1) is 14.5. The van der Waals surface area contributed by atoms with Gasteiger partial charge in [-0.15, -0.1) is 0 Å². The van der Waals surface area contributed by atoms with Crippen molar-refractivity contribution < 1.29 is 9.13 Å². The molecule has 2 rings (SSSR count). The Morgan fingerprint density at radius 3 is 2.55 bits per heavy atom. The second kappa shape index (κ2) is 6.53. The SMILES string of the molecule is CNC(Cc1ccccc1C)c1ccc(OC)cc1F. The highest BCUT2D eigenvalue weighted by molar-refractivity contribution is 5.33. The number of rotatable bonds is 5. The Morgan fingerprint density at radius 1 is 1.20 bits per heavy atom. The summed E-state index contributed by atoms with van der Waals surface area (Å²) in [6.07, 6.45) is 0.756. The smallest absolute Gasteiger partial charge is 0.131 e. The van der Waals surface area contributed by atoms with Gasteiger partial charge in [-0.1, -0.05) is 30.3 Å². The Morgan fingerprint density at radius 2 is 1.95 bits per heavy atom. The lowest BCUT2D eigenvalue weighted by molar-refractivity contribution is 0.409. The van der Waals surface area contributed by atoms with Gasteiger partial charge in [0.05, 0.1) is 7.11 Å². The average Bonchev–Trinajstić information content (AvgIpc) is 2.47. The summed E-state index contributed by atoms with van der Waals surface area (Å²) in [5.74, 6) is 0.300. The second-order valence-electron chi connectivity index (χ2n) is 4.86. The molecule has 0 aliphatic rings.